The lowest BCUT2D eigenvalue weighted by Gasteiger charge is -2.03. The van der Waals surface area contributed by atoms with Crippen LogP contribution in [0.2, 0.25) is 10.0 Å². The van der Waals surface area contributed by atoms with Crippen LogP contribution in [0.25, 0.3) is 6.08 Å². The smallest absolute Gasteiger partial charge is 0.283 e. The zero-order valence-electron chi connectivity index (χ0n) is 14.1. The number of carbonyl (C=O) groups is 1. The summed E-state index contributed by atoms with van der Waals surface area (Å²) in [4.78, 5) is 31.8. The average Bonchev–Trinajstić information content (AvgIpc) is 2.69. The largest absolute Gasteiger partial charge is 0.289 e. The van der Waals surface area contributed by atoms with Gasteiger partial charge in [-0.1, -0.05) is 35.3 Å². The molecule has 0 fully saturated rings. The summed E-state index contributed by atoms with van der Waals surface area (Å²) >= 11 is 13.0. The summed E-state index contributed by atoms with van der Waals surface area (Å²) in [6, 6.07) is 10.9. The summed E-state index contributed by atoms with van der Waals surface area (Å²) in [7, 11) is 0. The fourth-order valence-corrected chi connectivity index (χ4v) is 3.43. The number of benzene rings is 2. The van der Waals surface area contributed by atoms with Crippen LogP contribution in [0.3, 0.4) is 0 Å². The predicted molar refractivity (Wildman–Crippen MR) is 109 cm³/mol. The summed E-state index contributed by atoms with van der Waals surface area (Å²) in [5.74, 6) is -0.355. The molecule has 6 nitrogen and oxygen atoms in total. The molecule has 0 aliphatic rings. The Bertz CT molecular complexity index is 1080. The maximum absolute atomic E-state index is 12.3. The number of halogens is 2. The van der Waals surface area contributed by atoms with Crippen LogP contribution < -0.4 is 0 Å². The first kappa shape index (κ1) is 20.0. The molecule has 0 saturated carbocycles. The first-order valence-corrected chi connectivity index (χ1v) is 9.42. The lowest BCUT2D eigenvalue weighted by Crippen LogP contribution is -1.96. The van der Waals surface area contributed by atoms with Crippen LogP contribution in [0.1, 0.15) is 15.9 Å². The van der Waals surface area contributed by atoms with Crippen molar-refractivity contribution in [3.05, 3.63) is 92.2 Å². The summed E-state index contributed by atoms with van der Waals surface area (Å²) in [6.45, 7) is 0. The molecule has 0 aliphatic carbocycles. The molecule has 28 heavy (non-hydrogen) atoms. The number of nitro benzene ring substituents is 1. The molecule has 140 valence electrons. The van der Waals surface area contributed by atoms with Gasteiger partial charge in [0, 0.05) is 29.0 Å². The van der Waals surface area contributed by atoms with E-state index in [0.717, 1.165) is 11.8 Å². The van der Waals surface area contributed by atoms with Crippen LogP contribution in [0.15, 0.2) is 71.0 Å². The van der Waals surface area contributed by atoms with Crippen LogP contribution >= 0.6 is 35.0 Å². The van der Waals surface area contributed by atoms with Crippen molar-refractivity contribution in [3.8, 4) is 0 Å². The van der Waals surface area contributed by atoms with Gasteiger partial charge in [-0.25, -0.2) is 9.97 Å². The minimum absolute atomic E-state index is 0.104. The van der Waals surface area contributed by atoms with Gasteiger partial charge in [0.15, 0.2) is 10.9 Å². The van der Waals surface area contributed by atoms with E-state index in [2.05, 4.69) is 9.97 Å². The van der Waals surface area contributed by atoms with Crippen molar-refractivity contribution >= 4 is 52.5 Å². The van der Waals surface area contributed by atoms with Crippen molar-refractivity contribution in [1.82, 2.24) is 9.97 Å². The third-order valence-electron chi connectivity index (χ3n) is 3.54. The Hall–Kier alpha value is -2.74. The molecule has 0 radical (unpaired) electrons. The number of hydrogen-bond acceptors (Lipinski definition) is 6. The molecular formula is C19H11Cl2N3O3S. The molecule has 0 unspecified atom stereocenters. The van der Waals surface area contributed by atoms with E-state index in [0.29, 0.717) is 20.6 Å². The molecule has 0 amide bonds. The zero-order valence-corrected chi connectivity index (χ0v) is 16.4. The number of ketones is 1. The second kappa shape index (κ2) is 8.97. The molecule has 0 N–H and O–H groups in total. The quantitative estimate of drug-likeness (QED) is 0.162. The summed E-state index contributed by atoms with van der Waals surface area (Å²) in [6.07, 6.45) is 5.90. The SMILES string of the molecule is O=C(/C=C\c1ccc(Sc2ncccn2)c([N+](=O)[O-])c1)c1cc(Cl)ccc1Cl. The van der Waals surface area contributed by atoms with Gasteiger partial charge >= 0.3 is 0 Å². The van der Waals surface area contributed by atoms with Crippen LogP contribution in [0, 0.1) is 10.1 Å². The van der Waals surface area contributed by atoms with E-state index >= 15 is 0 Å². The highest BCUT2D eigenvalue weighted by Crippen LogP contribution is 2.33. The van der Waals surface area contributed by atoms with E-state index in [1.807, 2.05) is 0 Å². The number of nitro groups is 1. The first-order chi connectivity index (χ1) is 13.4. The minimum atomic E-state index is -0.488. The van der Waals surface area contributed by atoms with E-state index in [-0.39, 0.29) is 22.1 Å². The van der Waals surface area contributed by atoms with Crippen LogP contribution in [0.4, 0.5) is 5.69 Å². The van der Waals surface area contributed by atoms with Gasteiger partial charge in [-0.3, -0.25) is 14.9 Å². The Balaban J connectivity index is 1.85. The molecule has 0 spiro atoms. The molecule has 0 atom stereocenters. The topological polar surface area (TPSA) is 86.0 Å². The maximum atomic E-state index is 12.3. The van der Waals surface area contributed by atoms with E-state index in [9.17, 15) is 14.9 Å². The van der Waals surface area contributed by atoms with Gasteiger partial charge < -0.3 is 0 Å². The van der Waals surface area contributed by atoms with Gasteiger partial charge in [0.2, 0.25) is 0 Å². The Morgan fingerprint density at radius 1 is 1.11 bits per heavy atom. The van der Waals surface area contributed by atoms with E-state index in [1.165, 1.54) is 30.4 Å². The molecule has 0 bridgehead atoms. The first-order valence-electron chi connectivity index (χ1n) is 7.85. The third-order valence-corrected chi connectivity index (χ3v) is 5.07. The fourth-order valence-electron chi connectivity index (χ4n) is 2.25. The highest BCUT2D eigenvalue weighted by molar-refractivity contribution is 7.99. The maximum Gasteiger partial charge on any atom is 0.283 e. The second-order valence-corrected chi connectivity index (χ2v) is 7.29. The third kappa shape index (κ3) is 4.95. The average molecular weight is 432 g/mol. The minimum Gasteiger partial charge on any atom is -0.289 e. The summed E-state index contributed by atoms with van der Waals surface area (Å²) in [5.41, 5.74) is 0.651. The van der Waals surface area contributed by atoms with Gasteiger partial charge in [0.05, 0.1) is 14.8 Å². The van der Waals surface area contributed by atoms with Crippen molar-refractivity contribution in [2.75, 3.05) is 0 Å². The Labute approximate surface area is 174 Å². The standard InChI is InChI=1S/C19H11Cl2N3O3S/c20-13-4-5-15(21)14(11-13)17(25)6-2-12-3-7-18(16(10-12)24(26)27)28-19-22-8-1-9-23-19/h1-11H/b6-2-. The van der Waals surface area contributed by atoms with Crippen molar-refractivity contribution in [3.63, 3.8) is 0 Å². The number of carbonyl (C=O) groups excluding carboxylic acids is 1. The van der Waals surface area contributed by atoms with Crippen molar-refractivity contribution in [1.29, 1.82) is 0 Å². The van der Waals surface area contributed by atoms with E-state index < -0.39 is 4.92 Å². The Morgan fingerprint density at radius 2 is 1.86 bits per heavy atom. The number of nitrogens with zero attached hydrogens (tertiary/aromatic N) is 3. The highest BCUT2D eigenvalue weighted by Gasteiger charge is 2.16. The van der Waals surface area contributed by atoms with E-state index in [1.54, 1.807) is 36.7 Å². The Morgan fingerprint density at radius 3 is 2.57 bits per heavy atom. The molecule has 3 aromatic rings. The summed E-state index contributed by atoms with van der Waals surface area (Å²) in [5, 5.41) is 12.5. The molecule has 1 aromatic heterocycles. The summed E-state index contributed by atoms with van der Waals surface area (Å²) < 4.78 is 0. The lowest BCUT2D eigenvalue weighted by molar-refractivity contribution is -0.387. The number of hydrogen-bond donors (Lipinski definition) is 0. The van der Waals surface area contributed by atoms with E-state index in [4.69, 9.17) is 23.2 Å². The van der Waals surface area contributed by atoms with Gasteiger partial charge in [-0.2, -0.15) is 0 Å². The molecule has 0 aliphatic heterocycles. The molecule has 2 aromatic carbocycles. The van der Waals surface area contributed by atoms with Crippen LogP contribution in [-0.4, -0.2) is 20.7 Å². The van der Waals surface area contributed by atoms with Gasteiger partial charge in [-0.05, 0) is 53.7 Å². The molecule has 9 heteroatoms. The van der Waals surface area contributed by atoms with Gasteiger partial charge in [0.1, 0.15) is 0 Å². The molecule has 1 heterocycles. The zero-order chi connectivity index (χ0) is 20.1. The number of rotatable bonds is 6. The Kier molecular flexibility index (Phi) is 6.41. The van der Waals surface area contributed by atoms with Crippen molar-refractivity contribution in [2.24, 2.45) is 0 Å². The molecule has 3 rings (SSSR count). The van der Waals surface area contributed by atoms with Gasteiger partial charge in [-0.15, -0.1) is 0 Å². The van der Waals surface area contributed by atoms with Gasteiger partial charge in [0.25, 0.3) is 5.69 Å². The van der Waals surface area contributed by atoms with Crippen molar-refractivity contribution in [2.45, 2.75) is 10.1 Å². The second-order valence-electron chi connectivity index (χ2n) is 5.44. The monoisotopic (exact) mass is 431 g/mol. The number of aromatic nitrogens is 2. The lowest BCUT2D eigenvalue weighted by atomic mass is 10.1. The highest BCUT2D eigenvalue weighted by atomic mass is 35.5. The van der Waals surface area contributed by atoms with Crippen LogP contribution in [0.5, 0.6) is 0 Å². The molecule has 0 saturated heterocycles. The predicted octanol–water partition coefficient (Wildman–Crippen LogP) is 5.74. The van der Waals surface area contributed by atoms with Crippen molar-refractivity contribution < 1.29 is 9.72 Å². The fraction of sp³-hybridized carbons (Fsp3) is 0. The normalized spacial score (nSPS) is 10.9. The molecular weight excluding hydrogens is 421 g/mol. The number of allylic oxidation sites excluding steroid dienone is 1. The van der Waals surface area contributed by atoms with Crippen LogP contribution in [-0.2, 0) is 0 Å².